The zero-order valence-corrected chi connectivity index (χ0v) is 23.9. The maximum absolute atomic E-state index is 13.0. The van der Waals surface area contributed by atoms with Crippen LogP contribution in [0.3, 0.4) is 0 Å². The van der Waals surface area contributed by atoms with Gasteiger partial charge in [0.1, 0.15) is 11.5 Å². The Morgan fingerprint density at radius 2 is 1.77 bits per heavy atom. The zero-order chi connectivity index (χ0) is 27.5. The van der Waals surface area contributed by atoms with Crippen molar-refractivity contribution >= 4 is 29.3 Å². The number of carbonyl (C=O) groups excluding carboxylic acids is 1. The molecule has 0 unspecified atom stereocenters. The first-order valence-corrected chi connectivity index (χ1v) is 14.2. The fourth-order valence-corrected chi connectivity index (χ4v) is 5.84. The summed E-state index contributed by atoms with van der Waals surface area (Å²) in [7, 11) is 0. The van der Waals surface area contributed by atoms with E-state index in [2.05, 4.69) is 32.2 Å². The highest BCUT2D eigenvalue weighted by atomic mass is 35.5. The Bertz CT molecular complexity index is 1290. The van der Waals surface area contributed by atoms with Crippen LogP contribution in [0.2, 0.25) is 5.02 Å². The van der Waals surface area contributed by atoms with E-state index in [1.165, 1.54) is 0 Å². The van der Waals surface area contributed by atoms with E-state index in [1.54, 1.807) is 12.1 Å². The first-order valence-electron chi connectivity index (χ1n) is 13.9. The van der Waals surface area contributed by atoms with Gasteiger partial charge < -0.3 is 19.5 Å². The van der Waals surface area contributed by atoms with Crippen molar-refractivity contribution in [1.82, 2.24) is 30.0 Å². The molecule has 4 heterocycles. The largest absolute Gasteiger partial charge is 0.402 e. The van der Waals surface area contributed by atoms with Crippen molar-refractivity contribution in [3.05, 3.63) is 46.2 Å². The average Bonchev–Trinajstić information content (AvgIpc) is 3.42. The average molecular weight is 553 g/mol. The Kier molecular flexibility index (Phi) is 8.32. The fraction of sp³-hybridized carbons (Fsp3) is 0.536. The summed E-state index contributed by atoms with van der Waals surface area (Å²) in [6, 6.07) is 8.46. The van der Waals surface area contributed by atoms with Crippen LogP contribution in [-0.4, -0.2) is 87.2 Å². The molecule has 0 saturated carbocycles. The van der Waals surface area contributed by atoms with Crippen molar-refractivity contribution in [2.24, 2.45) is 0 Å². The van der Waals surface area contributed by atoms with E-state index in [-0.39, 0.29) is 5.91 Å². The van der Waals surface area contributed by atoms with Crippen LogP contribution in [0.5, 0.6) is 0 Å². The van der Waals surface area contributed by atoms with Crippen molar-refractivity contribution in [3.63, 3.8) is 0 Å². The van der Waals surface area contributed by atoms with E-state index >= 15 is 0 Å². The van der Waals surface area contributed by atoms with Crippen LogP contribution in [-0.2, 0) is 0 Å². The van der Waals surface area contributed by atoms with Crippen LogP contribution in [0.15, 0.2) is 28.7 Å². The lowest BCUT2D eigenvalue weighted by atomic mass is 9.97. The fourth-order valence-electron chi connectivity index (χ4n) is 5.72. The molecule has 39 heavy (non-hydrogen) atoms. The number of carbonyl (C=O) groups is 1. The van der Waals surface area contributed by atoms with Crippen LogP contribution in [0.4, 0.5) is 11.8 Å². The van der Waals surface area contributed by atoms with E-state index in [9.17, 15) is 4.79 Å². The number of hydrogen-bond acceptors (Lipinski definition) is 9. The zero-order valence-electron chi connectivity index (χ0n) is 23.2. The number of amides is 1. The van der Waals surface area contributed by atoms with Gasteiger partial charge in [-0.25, -0.2) is 9.97 Å². The predicted molar refractivity (Wildman–Crippen MR) is 152 cm³/mol. The number of aryl methyl sites for hydroxylation is 2. The molecule has 0 radical (unpaired) electrons. The third-order valence-electron chi connectivity index (χ3n) is 7.79. The SMILES string of the molecule is CCNc1nnc(-c2nc(C)c(N3CCN(C4CCN(C(=O)c5ccc(Cl)cc5)CC4)[C@@H](CC)C3)nc2C)o1. The quantitative estimate of drug-likeness (QED) is 0.455. The van der Waals surface area contributed by atoms with E-state index in [4.69, 9.17) is 26.0 Å². The molecule has 5 rings (SSSR count). The summed E-state index contributed by atoms with van der Waals surface area (Å²) in [4.78, 5) is 29.7. The number of hydrogen-bond donors (Lipinski definition) is 1. The van der Waals surface area contributed by atoms with Gasteiger partial charge >= 0.3 is 6.01 Å². The molecule has 2 aliphatic rings. The molecule has 2 fully saturated rings. The third kappa shape index (κ3) is 5.86. The molecular formula is C28H37ClN8O2. The van der Waals surface area contributed by atoms with Crippen molar-refractivity contribution in [2.45, 2.75) is 59.0 Å². The summed E-state index contributed by atoms with van der Waals surface area (Å²) in [5.74, 6) is 1.39. The molecule has 3 aromatic rings. The van der Waals surface area contributed by atoms with Gasteiger partial charge in [-0.05, 0) is 64.3 Å². The van der Waals surface area contributed by atoms with E-state index < -0.39 is 0 Å². The summed E-state index contributed by atoms with van der Waals surface area (Å²) >= 11 is 5.99. The van der Waals surface area contributed by atoms with E-state index in [0.29, 0.717) is 46.8 Å². The first kappa shape index (κ1) is 27.3. The lowest BCUT2D eigenvalue weighted by molar-refractivity contribution is 0.0490. The smallest absolute Gasteiger partial charge is 0.315 e. The molecule has 2 aliphatic heterocycles. The summed E-state index contributed by atoms with van der Waals surface area (Å²) in [6.45, 7) is 13.2. The Labute approximate surface area is 234 Å². The van der Waals surface area contributed by atoms with Crippen LogP contribution < -0.4 is 10.2 Å². The standard InChI is InChI=1S/C28H37ClN8O2/c1-5-22-17-36(25-19(4)31-24(18(3)32-25)26-33-34-28(39-26)30-6-2)15-16-37(22)23-11-13-35(14-12-23)27(38)20-7-9-21(29)10-8-20/h7-10,22-23H,5-6,11-17H2,1-4H3,(H,30,34)/t22-/m0/s1. The molecule has 10 nitrogen and oxygen atoms in total. The van der Waals surface area contributed by atoms with Gasteiger partial charge in [-0.3, -0.25) is 9.69 Å². The molecule has 2 saturated heterocycles. The monoisotopic (exact) mass is 552 g/mol. The van der Waals surface area contributed by atoms with Crippen molar-refractivity contribution in [1.29, 1.82) is 0 Å². The van der Waals surface area contributed by atoms with Crippen LogP contribution >= 0.6 is 11.6 Å². The number of nitrogens with zero attached hydrogens (tertiary/aromatic N) is 7. The highest BCUT2D eigenvalue weighted by Gasteiger charge is 2.35. The molecule has 0 spiro atoms. The van der Waals surface area contributed by atoms with Gasteiger partial charge in [0.25, 0.3) is 11.8 Å². The molecule has 0 bridgehead atoms. The number of halogens is 1. The maximum atomic E-state index is 13.0. The van der Waals surface area contributed by atoms with Crippen molar-refractivity contribution in [3.8, 4) is 11.6 Å². The third-order valence-corrected chi connectivity index (χ3v) is 8.04. The minimum absolute atomic E-state index is 0.0909. The second-order valence-electron chi connectivity index (χ2n) is 10.3. The molecule has 208 valence electrons. The number of piperazine rings is 1. The molecule has 2 aromatic heterocycles. The van der Waals surface area contributed by atoms with E-state index in [1.807, 2.05) is 37.8 Å². The van der Waals surface area contributed by atoms with E-state index in [0.717, 1.165) is 69.2 Å². The number of nitrogens with one attached hydrogen (secondary N) is 1. The Morgan fingerprint density at radius 3 is 2.46 bits per heavy atom. The van der Waals surface area contributed by atoms with Gasteiger partial charge in [-0.1, -0.05) is 23.6 Å². The normalized spacial score (nSPS) is 18.9. The Hall–Kier alpha value is -3.24. The van der Waals surface area contributed by atoms with Crippen molar-refractivity contribution < 1.29 is 9.21 Å². The Balaban J connectivity index is 1.22. The number of benzene rings is 1. The van der Waals surface area contributed by atoms with Crippen LogP contribution in [0.1, 0.15) is 54.9 Å². The van der Waals surface area contributed by atoms with Gasteiger partial charge in [-0.2, -0.15) is 0 Å². The molecule has 1 aromatic carbocycles. The number of aromatic nitrogens is 4. The minimum atomic E-state index is 0.0909. The summed E-state index contributed by atoms with van der Waals surface area (Å²) in [6.07, 6.45) is 3.03. The number of likely N-dealkylation sites (tertiary alicyclic amines) is 1. The lowest BCUT2D eigenvalue weighted by Gasteiger charge is -2.47. The van der Waals surface area contributed by atoms with Gasteiger partial charge in [0.05, 0.1) is 11.4 Å². The first-order chi connectivity index (χ1) is 18.9. The number of anilines is 2. The van der Waals surface area contributed by atoms with Crippen LogP contribution in [0.25, 0.3) is 11.6 Å². The topological polar surface area (TPSA) is 104 Å². The highest BCUT2D eigenvalue weighted by Crippen LogP contribution is 2.29. The van der Waals surface area contributed by atoms with Gasteiger partial charge in [0, 0.05) is 61.9 Å². The second-order valence-corrected chi connectivity index (χ2v) is 10.7. The molecular weight excluding hydrogens is 516 g/mol. The summed E-state index contributed by atoms with van der Waals surface area (Å²) < 4.78 is 5.71. The van der Waals surface area contributed by atoms with Crippen LogP contribution in [0, 0.1) is 13.8 Å². The van der Waals surface area contributed by atoms with Gasteiger partial charge in [0.2, 0.25) is 0 Å². The molecule has 0 aliphatic carbocycles. The summed E-state index contributed by atoms with van der Waals surface area (Å²) in [5, 5.41) is 11.9. The Morgan fingerprint density at radius 1 is 1.03 bits per heavy atom. The van der Waals surface area contributed by atoms with Gasteiger partial charge in [0.15, 0.2) is 0 Å². The number of rotatable bonds is 7. The lowest BCUT2D eigenvalue weighted by Crippen LogP contribution is -2.59. The molecule has 1 atom stereocenters. The molecule has 1 amide bonds. The predicted octanol–water partition coefficient (Wildman–Crippen LogP) is 4.43. The number of piperidine rings is 1. The summed E-state index contributed by atoms with van der Waals surface area (Å²) in [5.41, 5.74) is 2.96. The van der Waals surface area contributed by atoms with Crippen molar-refractivity contribution in [2.75, 3.05) is 49.5 Å². The molecule has 1 N–H and O–H groups in total. The minimum Gasteiger partial charge on any atom is -0.402 e. The highest BCUT2D eigenvalue weighted by molar-refractivity contribution is 6.30. The van der Waals surface area contributed by atoms with Gasteiger partial charge in [-0.15, -0.1) is 5.10 Å². The maximum Gasteiger partial charge on any atom is 0.315 e. The second kappa shape index (κ2) is 11.9. The molecule has 11 heteroatoms.